The van der Waals surface area contributed by atoms with Crippen LogP contribution in [0.25, 0.3) is 0 Å². The summed E-state index contributed by atoms with van der Waals surface area (Å²) in [5.41, 5.74) is -0.508. The SMILES string of the molecule is CCc1nc(Cl)cc(NCc2ccccc2C(F)(F)F)n1. The molecular weight excluding hydrogens is 303 g/mol. The van der Waals surface area contributed by atoms with Crippen LogP contribution in [0.1, 0.15) is 23.9 Å². The molecule has 0 spiro atoms. The van der Waals surface area contributed by atoms with Crippen molar-refractivity contribution >= 4 is 17.4 Å². The average Bonchev–Trinajstić information content (AvgIpc) is 2.44. The van der Waals surface area contributed by atoms with E-state index < -0.39 is 11.7 Å². The van der Waals surface area contributed by atoms with Crippen LogP contribution in [0.15, 0.2) is 30.3 Å². The van der Waals surface area contributed by atoms with Crippen molar-refractivity contribution in [1.82, 2.24) is 9.97 Å². The molecule has 112 valence electrons. The molecule has 3 nitrogen and oxygen atoms in total. The maximum Gasteiger partial charge on any atom is 0.416 e. The maximum absolute atomic E-state index is 12.9. The van der Waals surface area contributed by atoms with Gasteiger partial charge in [-0.25, -0.2) is 9.97 Å². The van der Waals surface area contributed by atoms with E-state index in [4.69, 9.17) is 11.6 Å². The molecule has 0 amide bonds. The van der Waals surface area contributed by atoms with Crippen molar-refractivity contribution in [3.05, 3.63) is 52.4 Å². The summed E-state index contributed by atoms with van der Waals surface area (Å²) in [6.45, 7) is 1.88. The van der Waals surface area contributed by atoms with E-state index in [9.17, 15) is 13.2 Å². The molecule has 0 fully saturated rings. The molecule has 0 unspecified atom stereocenters. The number of aryl methyl sites for hydroxylation is 1. The van der Waals surface area contributed by atoms with Crippen LogP contribution in [0.5, 0.6) is 0 Å². The monoisotopic (exact) mass is 315 g/mol. The average molecular weight is 316 g/mol. The number of hydrogen-bond donors (Lipinski definition) is 1. The lowest BCUT2D eigenvalue weighted by Gasteiger charge is -2.13. The first-order chi connectivity index (χ1) is 9.90. The zero-order chi connectivity index (χ0) is 15.5. The van der Waals surface area contributed by atoms with Gasteiger partial charge < -0.3 is 5.32 Å². The first-order valence-electron chi connectivity index (χ1n) is 6.32. The van der Waals surface area contributed by atoms with Gasteiger partial charge in [-0.05, 0) is 11.6 Å². The van der Waals surface area contributed by atoms with Crippen molar-refractivity contribution in [2.45, 2.75) is 26.1 Å². The Bertz CT molecular complexity index is 629. The molecule has 0 radical (unpaired) electrons. The molecule has 2 rings (SSSR count). The van der Waals surface area contributed by atoms with Crippen molar-refractivity contribution < 1.29 is 13.2 Å². The number of halogens is 4. The Kier molecular flexibility index (Phi) is 4.67. The highest BCUT2D eigenvalue weighted by Crippen LogP contribution is 2.32. The minimum atomic E-state index is -4.38. The van der Waals surface area contributed by atoms with Gasteiger partial charge in [-0.2, -0.15) is 13.2 Å². The Labute approximate surface area is 125 Å². The van der Waals surface area contributed by atoms with E-state index in [-0.39, 0.29) is 17.3 Å². The summed E-state index contributed by atoms with van der Waals surface area (Å²) in [4.78, 5) is 8.17. The zero-order valence-electron chi connectivity index (χ0n) is 11.2. The molecule has 2 aromatic rings. The highest BCUT2D eigenvalue weighted by atomic mass is 35.5. The number of hydrogen-bond acceptors (Lipinski definition) is 3. The quantitative estimate of drug-likeness (QED) is 0.854. The van der Waals surface area contributed by atoms with Crippen LogP contribution in [0.2, 0.25) is 5.15 Å². The summed E-state index contributed by atoms with van der Waals surface area (Å²) in [6, 6.07) is 6.90. The predicted molar refractivity (Wildman–Crippen MR) is 75.2 cm³/mol. The van der Waals surface area contributed by atoms with Gasteiger partial charge in [-0.3, -0.25) is 0 Å². The van der Waals surface area contributed by atoms with E-state index >= 15 is 0 Å². The van der Waals surface area contributed by atoms with Crippen molar-refractivity contribution in [1.29, 1.82) is 0 Å². The van der Waals surface area contributed by atoms with E-state index in [1.165, 1.54) is 18.2 Å². The van der Waals surface area contributed by atoms with E-state index in [1.54, 1.807) is 6.07 Å². The second kappa shape index (κ2) is 6.30. The summed E-state index contributed by atoms with van der Waals surface area (Å²) in [5.74, 6) is 0.943. The van der Waals surface area contributed by atoms with Gasteiger partial charge in [0.2, 0.25) is 0 Å². The Morgan fingerprint density at radius 3 is 2.57 bits per heavy atom. The minimum absolute atomic E-state index is 0.00613. The lowest BCUT2D eigenvalue weighted by molar-refractivity contribution is -0.138. The smallest absolute Gasteiger partial charge is 0.366 e. The van der Waals surface area contributed by atoms with Gasteiger partial charge in [0.1, 0.15) is 16.8 Å². The normalized spacial score (nSPS) is 11.5. The zero-order valence-corrected chi connectivity index (χ0v) is 12.0. The molecule has 0 saturated heterocycles. The Balaban J connectivity index is 2.19. The molecule has 1 aromatic heterocycles. The third-order valence-corrected chi connectivity index (χ3v) is 3.03. The summed E-state index contributed by atoms with van der Waals surface area (Å²) in [6.07, 6.45) is -3.79. The van der Waals surface area contributed by atoms with Crippen LogP contribution in [0, 0.1) is 0 Å². The number of nitrogens with one attached hydrogen (secondary N) is 1. The number of alkyl halides is 3. The number of benzene rings is 1. The van der Waals surface area contributed by atoms with Gasteiger partial charge >= 0.3 is 6.18 Å². The largest absolute Gasteiger partial charge is 0.416 e. The summed E-state index contributed by atoms with van der Waals surface area (Å²) >= 11 is 5.84. The van der Waals surface area contributed by atoms with Crippen LogP contribution < -0.4 is 5.32 Å². The second-order valence-electron chi connectivity index (χ2n) is 4.35. The van der Waals surface area contributed by atoms with Crippen LogP contribution in [0.4, 0.5) is 19.0 Å². The molecule has 21 heavy (non-hydrogen) atoms. The molecule has 1 aromatic carbocycles. The minimum Gasteiger partial charge on any atom is -0.366 e. The van der Waals surface area contributed by atoms with Crippen molar-refractivity contribution in [3.63, 3.8) is 0 Å². The van der Waals surface area contributed by atoms with Gasteiger partial charge in [0, 0.05) is 19.0 Å². The topological polar surface area (TPSA) is 37.8 Å². The lowest BCUT2D eigenvalue weighted by atomic mass is 10.1. The molecule has 0 aliphatic rings. The summed E-state index contributed by atoms with van der Waals surface area (Å²) in [7, 11) is 0. The molecule has 0 saturated carbocycles. The fourth-order valence-electron chi connectivity index (χ4n) is 1.85. The van der Waals surface area contributed by atoms with E-state index in [1.807, 2.05) is 6.92 Å². The molecule has 0 atom stereocenters. The van der Waals surface area contributed by atoms with Crippen molar-refractivity contribution in [3.8, 4) is 0 Å². The van der Waals surface area contributed by atoms with Crippen LogP contribution in [0.3, 0.4) is 0 Å². The molecule has 0 aliphatic carbocycles. The van der Waals surface area contributed by atoms with Gasteiger partial charge in [0.15, 0.2) is 0 Å². The molecule has 7 heteroatoms. The van der Waals surface area contributed by atoms with Crippen molar-refractivity contribution in [2.24, 2.45) is 0 Å². The number of anilines is 1. The van der Waals surface area contributed by atoms with Crippen molar-refractivity contribution in [2.75, 3.05) is 5.32 Å². The Morgan fingerprint density at radius 1 is 1.19 bits per heavy atom. The molecule has 1 heterocycles. The third-order valence-electron chi connectivity index (χ3n) is 2.84. The van der Waals surface area contributed by atoms with Crippen LogP contribution >= 0.6 is 11.6 Å². The maximum atomic E-state index is 12.9. The van der Waals surface area contributed by atoms with Crippen LogP contribution in [-0.4, -0.2) is 9.97 Å². The second-order valence-corrected chi connectivity index (χ2v) is 4.74. The first-order valence-corrected chi connectivity index (χ1v) is 6.70. The van der Waals surface area contributed by atoms with Gasteiger partial charge in [-0.1, -0.05) is 36.7 Å². The molecular formula is C14H13ClF3N3. The fourth-order valence-corrected chi connectivity index (χ4v) is 2.05. The molecule has 0 bridgehead atoms. The third kappa shape index (κ3) is 4.07. The standard InChI is InChI=1S/C14H13ClF3N3/c1-2-12-20-11(15)7-13(21-12)19-8-9-5-3-4-6-10(9)14(16,17)18/h3-7H,2,8H2,1H3,(H,19,20,21). The van der Waals surface area contributed by atoms with Crippen LogP contribution in [-0.2, 0) is 19.1 Å². The van der Waals surface area contributed by atoms with E-state index in [0.29, 0.717) is 18.1 Å². The fraction of sp³-hybridized carbons (Fsp3) is 0.286. The molecule has 1 N–H and O–H groups in total. The number of nitrogens with zero attached hydrogens (tertiary/aromatic N) is 2. The predicted octanol–water partition coefficient (Wildman–Crippen LogP) is 4.32. The summed E-state index contributed by atoms with van der Waals surface area (Å²) in [5, 5.41) is 3.11. The molecule has 0 aliphatic heterocycles. The highest BCUT2D eigenvalue weighted by Gasteiger charge is 2.32. The van der Waals surface area contributed by atoms with Gasteiger partial charge in [-0.15, -0.1) is 0 Å². The highest BCUT2D eigenvalue weighted by molar-refractivity contribution is 6.29. The first kappa shape index (κ1) is 15.6. The van der Waals surface area contributed by atoms with E-state index in [2.05, 4.69) is 15.3 Å². The van der Waals surface area contributed by atoms with Gasteiger partial charge in [0.25, 0.3) is 0 Å². The Hall–Kier alpha value is -1.82. The Morgan fingerprint density at radius 2 is 1.90 bits per heavy atom. The summed E-state index contributed by atoms with van der Waals surface area (Å²) < 4.78 is 38.6. The number of rotatable bonds is 4. The lowest BCUT2D eigenvalue weighted by Crippen LogP contribution is -2.12. The van der Waals surface area contributed by atoms with Gasteiger partial charge in [0.05, 0.1) is 5.56 Å². The van der Waals surface area contributed by atoms with E-state index in [0.717, 1.165) is 6.07 Å². The number of aromatic nitrogens is 2.